The first-order valence-corrected chi connectivity index (χ1v) is 21.3. The first-order valence-electron chi connectivity index (χ1n) is 21.3. The van der Waals surface area contributed by atoms with Crippen LogP contribution in [0.25, 0.3) is 0 Å². The molecule has 2 N–H and O–H groups in total. The number of carbonyl (C=O) groups is 1. The van der Waals surface area contributed by atoms with E-state index in [1.54, 1.807) is 30.4 Å². The van der Waals surface area contributed by atoms with Crippen molar-refractivity contribution < 1.29 is 48.3 Å². The molecule has 1 saturated heterocycles. The molecule has 7 unspecified atom stereocenters. The van der Waals surface area contributed by atoms with Gasteiger partial charge in [-0.25, -0.2) is 0 Å². The fraction of sp³-hybridized carbons (Fsp3) is 0.565. The van der Waals surface area contributed by atoms with E-state index in [1.807, 2.05) is 17.0 Å². The zero-order valence-corrected chi connectivity index (χ0v) is 33.9. The summed E-state index contributed by atoms with van der Waals surface area (Å²) in [5.74, 6) is 0.548. The van der Waals surface area contributed by atoms with Crippen molar-refractivity contribution in [1.29, 1.82) is 0 Å². The maximum absolute atomic E-state index is 15.0. The maximum Gasteiger partial charge on any atom is 0.254 e. The molecule has 3 heterocycles. The van der Waals surface area contributed by atoms with Crippen molar-refractivity contribution in [3.8, 4) is 23.0 Å². The summed E-state index contributed by atoms with van der Waals surface area (Å²) in [5, 5.41) is 24.8. The highest BCUT2D eigenvalue weighted by Gasteiger charge is 2.65. The fourth-order valence-corrected chi connectivity index (χ4v) is 9.65. The largest absolute Gasteiger partial charge is 0.490 e. The summed E-state index contributed by atoms with van der Waals surface area (Å²) in [6.07, 6.45) is 13.8. The number of aliphatic hydroxyl groups is 2. The molecule has 12 heteroatoms. The van der Waals surface area contributed by atoms with Crippen LogP contribution in [0.3, 0.4) is 0 Å². The number of hydrogen-bond acceptors (Lipinski definition) is 11. The molecule has 0 radical (unpaired) electrons. The number of allylic oxidation sites excluding steroid dienone is 1. The summed E-state index contributed by atoms with van der Waals surface area (Å²) < 4.78 is 37.9. The van der Waals surface area contributed by atoms with E-state index in [2.05, 4.69) is 32.2 Å². The first-order chi connectivity index (χ1) is 28.5. The predicted molar refractivity (Wildman–Crippen MR) is 219 cm³/mol. The van der Waals surface area contributed by atoms with Gasteiger partial charge in [0.15, 0.2) is 11.5 Å². The lowest BCUT2D eigenvalue weighted by Gasteiger charge is -2.60. The number of carbonyl (C=O) groups excluding carboxylic acids is 1. The van der Waals surface area contributed by atoms with Gasteiger partial charge < -0.3 is 48.4 Å². The van der Waals surface area contributed by atoms with Gasteiger partial charge in [0.05, 0.1) is 24.8 Å². The van der Waals surface area contributed by atoms with Crippen molar-refractivity contribution in [3.63, 3.8) is 0 Å². The molecule has 12 nitrogen and oxygen atoms in total. The lowest BCUT2D eigenvalue weighted by atomic mass is 9.55. The second-order valence-corrected chi connectivity index (χ2v) is 15.8. The van der Waals surface area contributed by atoms with Gasteiger partial charge in [0.2, 0.25) is 18.9 Å². The molecule has 3 aliphatic heterocycles. The van der Waals surface area contributed by atoms with Crippen LogP contribution >= 0.6 is 0 Å². The highest BCUT2D eigenvalue weighted by Crippen LogP contribution is 2.62. The molecule has 2 aromatic carbocycles. The Morgan fingerprint density at radius 3 is 2.53 bits per heavy atom. The molecule has 0 spiro atoms. The van der Waals surface area contributed by atoms with Gasteiger partial charge in [0.1, 0.15) is 24.1 Å². The molecule has 7 atom stereocenters. The van der Waals surface area contributed by atoms with Crippen molar-refractivity contribution in [2.45, 2.75) is 102 Å². The van der Waals surface area contributed by atoms with E-state index >= 15 is 4.79 Å². The summed E-state index contributed by atoms with van der Waals surface area (Å²) in [6, 6.07) is 10.6. The van der Waals surface area contributed by atoms with Gasteiger partial charge in [-0.2, -0.15) is 0 Å². The van der Waals surface area contributed by atoms with Crippen LogP contribution in [0.4, 0.5) is 0 Å². The molecule has 2 aromatic rings. The lowest BCUT2D eigenvalue weighted by Crippen LogP contribution is -2.70. The minimum atomic E-state index is -1.37. The van der Waals surface area contributed by atoms with Crippen LogP contribution in [0.5, 0.6) is 23.0 Å². The van der Waals surface area contributed by atoms with Crippen LogP contribution < -0.4 is 18.9 Å². The van der Waals surface area contributed by atoms with E-state index in [1.165, 1.54) is 0 Å². The van der Waals surface area contributed by atoms with Crippen molar-refractivity contribution in [1.82, 2.24) is 4.90 Å². The van der Waals surface area contributed by atoms with Gasteiger partial charge in [-0.05, 0) is 98.8 Å². The van der Waals surface area contributed by atoms with E-state index in [4.69, 9.17) is 38.4 Å². The van der Waals surface area contributed by atoms with Gasteiger partial charge in [0, 0.05) is 49.6 Å². The maximum atomic E-state index is 15.0. The third-order valence-corrected chi connectivity index (χ3v) is 12.2. The van der Waals surface area contributed by atoms with Crippen molar-refractivity contribution >= 4 is 11.6 Å². The second-order valence-electron chi connectivity index (χ2n) is 15.8. The van der Waals surface area contributed by atoms with E-state index < -0.39 is 24.0 Å². The van der Waals surface area contributed by atoms with Crippen LogP contribution in [0.2, 0.25) is 0 Å². The predicted octanol–water partition coefficient (Wildman–Crippen LogP) is 7.69. The summed E-state index contributed by atoms with van der Waals surface area (Å²) in [4.78, 5) is 23.2. The minimum absolute atomic E-state index is 0.0924. The van der Waals surface area contributed by atoms with Crippen LogP contribution in [-0.2, 0) is 14.3 Å². The monoisotopic (exact) mass is 800 g/mol. The quantitative estimate of drug-likeness (QED) is 0.0779. The topological polar surface area (TPSA) is 138 Å². The van der Waals surface area contributed by atoms with E-state index in [0.29, 0.717) is 74.0 Å². The number of fused-ring (bicyclic) bond motifs is 3. The number of nitrogens with zero attached hydrogens (tertiary/aromatic N) is 2. The number of aliphatic hydroxyl groups excluding tert-OH is 2. The number of ether oxygens (including phenoxy) is 6. The number of benzene rings is 2. The molecule has 0 bridgehead atoms. The average Bonchev–Trinajstić information content (AvgIpc) is 3.73. The SMILES string of the molecule is C=CCOc1ccc2c(c1)C1C(CCCCO)C(CCCCO)C=C3C(=NOC4CCCCO4)CC(N(CCC)C(=O)c4ccc5c(c4)OCO5)C(OCC=C)(O2)C31. The van der Waals surface area contributed by atoms with Gasteiger partial charge in [-0.1, -0.05) is 49.7 Å². The Hall–Kier alpha value is -4.36. The molecule has 1 amide bonds. The molecule has 2 fully saturated rings. The van der Waals surface area contributed by atoms with Gasteiger partial charge in [-0.3, -0.25) is 4.79 Å². The fourth-order valence-electron chi connectivity index (χ4n) is 9.65. The second kappa shape index (κ2) is 19.6. The Bertz CT molecular complexity index is 1810. The molecule has 5 aliphatic rings. The Labute approximate surface area is 342 Å². The Balaban J connectivity index is 1.44. The van der Waals surface area contributed by atoms with Crippen molar-refractivity contribution in [2.75, 3.05) is 46.4 Å². The summed E-state index contributed by atoms with van der Waals surface area (Å²) >= 11 is 0. The average molecular weight is 801 g/mol. The minimum Gasteiger partial charge on any atom is -0.490 e. The highest BCUT2D eigenvalue weighted by molar-refractivity contribution is 6.03. The van der Waals surface area contributed by atoms with E-state index in [9.17, 15) is 10.2 Å². The van der Waals surface area contributed by atoms with Crippen molar-refractivity contribution in [3.05, 3.63) is 84.5 Å². The van der Waals surface area contributed by atoms with Gasteiger partial charge in [0.25, 0.3) is 5.91 Å². The van der Waals surface area contributed by atoms with Crippen LogP contribution in [0, 0.1) is 17.8 Å². The summed E-state index contributed by atoms with van der Waals surface area (Å²) in [5.41, 5.74) is 3.17. The molecular formula is C46H60N2O10. The highest BCUT2D eigenvalue weighted by atomic mass is 16.8. The molecular weight excluding hydrogens is 741 g/mol. The Morgan fingerprint density at radius 2 is 1.78 bits per heavy atom. The smallest absolute Gasteiger partial charge is 0.254 e. The third kappa shape index (κ3) is 8.66. The summed E-state index contributed by atoms with van der Waals surface area (Å²) in [6.45, 7) is 11.8. The third-order valence-electron chi connectivity index (χ3n) is 12.2. The normalized spacial score (nSPS) is 27.4. The summed E-state index contributed by atoms with van der Waals surface area (Å²) in [7, 11) is 0. The van der Waals surface area contributed by atoms with E-state index in [-0.39, 0.29) is 50.3 Å². The standard InChI is InChI=1S/C46H60N2O10/c1-4-20-48(45(51)32-16-18-39-40(27-32)55-30-54-39)41-29-37(47-58-42-15-9-12-25-53-42)35-26-31(13-7-10-21-49)34(14-8-11-22-50)43-36-28-33(52-23-5-2)17-19-38(36)57-46(41,44(35)43)56-24-6-3/h5-6,16-19,26-28,31,34,41-44,49-50H,2-4,7-15,20-25,29-30H2,1H3. The number of rotatable bonds is 20. The zero-order chi connectivity index (χ0) is 40.5. The molecule has 314 valence electrons. The molecule has 1 saturated carbocycles. The zero-order valence-electron chi connectivity index (χ0n) is 33.9. The Morgan fingerprint density at radius 1 is 0.983 bits per heavy atom. The lowest BCUT2D eigenvalue weighted by molar-refractivity contribution is -0.254. The molecule has 2 aliphatic carbocycles. The van der Waals surface area contributed by atoms with Crippen LogP contribution in [-0.4, -0.2) is 91.2 Å². The number of oxime groups is 1. The number of unbranched alkanes of at least 4 members (excludes halogenated alkanes) is 2. The molecule has 58 heavy (non-hydrogen) atoms. The van der Waals surface area contributed by atoms with E-state index in [0.717, 1.165) is 61.8 Å². The van der Waals surface area contributed by atoms with Crippen LogP contribution in [0.1, 0.15) is 99.4 Å². The first kappa shape index (κ1) is 41.8. The van der Waals surface area contributed by atoms with Gasteiger partial charge in [-0.15, -0.1) is 6.58 Å². The number of amides is 1. The molecule has 0 aromatic heterocycles. The van der Waals surface area contributed by atoms with Gasteiger partial charge >= 0.3 is 0 Å². The molecule has 7 rings (SSSR count). The Kier molecular flexibility index (Phi) is 14.1. The number of hydrogen-bond donors (Lipinski definition) is 2. The van der Waals surface area contributed by atoms with Crippen LogP contribution in [0.15, 0.2) is 78.5 Å². The van der Waals surface area contributed by atoms with Crippen molar-refractivity contribution in [2.24, 2.45) is 22.9 Å².